The molecule has 1 amide bonds. The minimum Gasteiger partial charge on any atom is -0.348 e. The fourth-order valence-corrected chi connectivity index (χ4v) is 1.96. The second-order valence-corrected chi connectivity index (χ2v) is 4.27. The monoisotopic (exact) mass is 261 g/mol. The van der Waals surface area contributed by atoms with Crippen molar-refractivity contribution in [2.45, 2.75) is 25.8 Å². The lowest BCUT2D eigenvalue weighted by Crippen LogP contribution is -2.29. The van der Waals surface area contributed by atoms with Crippen LogP contribution in [0.1, 0.15) is 30.7 Å². The summed E-state index contributed by atoms with van der Waals surface area (Å²) >= 11 is 0. The topological polar surface area (TPSA) is 57.8 Å². The lowest BCUT2D eigenvalue weighted by Gasteiger charge is -2.14. The summed E-state index contributed by atoms with van der Waals surface area (Å²) in [5.74, 6) is 0.0676. The first-order valence-electron chi connectivity index (χ1n) is 6.22. The van der Waals surface area contributed by atoms with Crippen molar-refractivity contribution < 1.29 is 9.18 Å². The lowest BCUT2D eigenvalue weighted by molar-refractivity contribution is -0.122. The van der Waals surface area contributed by atoms with E-state index in [1.807, 2.05) is 6.92 Å². The predicted octanol–water partition coefficient (Wildman–Crippen LogP) is 2.36. The highest BCUT2D eigenvalue weighted by Gasteiger charge is 2.18. The number of carbonyl (C=O) groups excluding carboxylic acids is 1. The highest BCUT2D eigenvalue weighted by atomic mass is 19.1. The number of hydrogen-bond donors (Lipinski definition) is 2. The summed E-state index contributed by atoms with van der Waals surface area (Å²) in [6.45, 7) is 2.30. The molecule has 0 aliphatic carbocycles. The molecule has 4 nitrogen and oxygen atoms in total. The average Bonchev–Trinajstić information content (AvgIpc) is 2.92. The van der Waals surface area contributed by atoms with Crippen molar-refractivity contribution in [3.63, 3.8) is 0 Å². The van der Waals surface area contributed by atoms with Gasteiger partial charge in [0.25, 0.3) is 0 Å². The third kappa shape index (κ3) is 3.40. The molecule has 2 rings (SSSR count). The van der Waals surface area contributed by atoms with E-state index >= 15 is 0 Å². The van der Waals surface area contributed by atoms with Crippen LogP contribution in [0.4, 0.5) is 4.39 Å². The van der Waals surface area contributed by atoms with Crippen LogP contribution >= 0.6 is 0 Å². The number of nitrogens with one attached hydrogen (secondary N) is 2. The van der Waals surface area contributed by atoms with Crippen LogP contribution in [0.3, 0.4) is 0 Å². The first-order valence-corrected chi connectivity index (χ1v) is 6.22. The molecule has 100 valence electrons. The molecule has 1 atom stereocenters. The second-order valence-electron chi connectivity index (χ2n) is 4.27. The van der Waals surface area contributed by atoms with Gasteiger partial charge in [-0.05, 0) is 24.1 Å². The smallest absolute Gasteiger partial charge is 0.227 e. The van der Waals surface area contributed by atoms with E-state index in [2.05, 4.69) is 15.3 Å². The SMILES string of the molecule is CC[C@@H](C(=O)NCc1ncc[nH]1)c1ccc(F)cc1. The maximum Gasteiger partial charge on any atom is 0.227 e. The number of carbonyl (C=O) groups is 1. The van der Waals surface area contributed by atoms with E-state index in [0.717, 1.165) is 5.56 Å². The number of hydrogen-bond acceptors (Lipinski definition) is 2. The molecular formula is C14H16FN3O. The molecule has 1 aromatic carbocycles. The summed E-state index contributed by atoms with van der Waals surface area (Å²) in [6.07, 6.45) is 4.01. The molecule has 0 aliphatic rings. The number of rotatable bonds is 5. The van der Waals surface area contributed by atoms with Crippen LogP contribution in [0.5, 0.6) is 0 Å². The Kier molecular flexibility index (Phi) is 4.28. The van der Waals surface area contributed by atoms with Crippen LogP contribution < -0.4 is 5.32 Å². The Bertz CT molecular complexity index is 522. The fraction of sp³-hybridized carbons (Fsp3) is 0.286. The van der Waals surface area contributed by atoms with Gasteiger partial charge in [-0.2, -0.15) is 0 Å². The first-order chi connectivity index (χ1) is 9.20. The molecule has 0 radical (unpaired) electrons. The Morgan fingerprint density at radius 3 is 2.74 bits per heavy atom. The molecular weight excluding hydrogens is 245 g/mol. The van der Waals surface area contributed by atoms with E-state index < -0.39 is 0 Å². The van der Waals surface area contributed by atoms with Crippen LogP contribution in [0.2, 0.25) is 0 Å². The molecule has 0 fully saturated rings. The Morgan fingerprint density at radius 2 is 2.16 bits per heavy atom. The van der Waals surface area contributed by atoms with Gasteiger partial charge in [0.1, 0.15) is 11.6 Å². The molecule has 0 saturated heterocycles. The minimum absolute atomic E-state index is 0.0782. The van der Waals surface area contributed by atoms with Crippen LogP contribution in [0.25, 0.3) is 0 Å². The number of aromatic nitrogens is 2. The van der Waals surface area contributed by atoms with Crippen LogP contribution in [0.15, 0.2) is 36.7 Å². The molecule has 19 heavy (non-hydrogen) atoms. The first kappa shape index (κ1) is 13.3. The molecule has 5 heteroatoms. The number of halogens is 1. The van der Waals surface area contributed by atoms with Gasteiger partial charge >= 0.3 is 0 Å². The van der Waals surface area contributed by atoms with E-state index in [-0.39, 0.29) is 17.6 Å². The third-order valence-electron chi connectivity index (χ3n) is 2.98. The number of aromatic amines is 1. The summed E-state index contributed by atoms with van der Waals surface area (Å²) in [7, 11) is 0. The summed E-state index contributed by atoms with van der Waals surface area (Å²) in [4.78, 5) is 19.1. The highest BCUT2D eigenvalue weighted by Crippen LogP contribution is 2.20. The molecule has 0 unspecified atom stereocenters. The van der Waals surface area contributed by atoms with Gasteiger partial charge in [-0.25, -0.2) is 9.37 Å². The second kappa shape index (κ2) is 6.13. The van der Waals surface area contributed by atoms with Crippen molar-refractivity contribution in [1.29, 1.82) is 0 Å². The van der Waals surface area contributed by atoms with Crippen molar-refractivity contribution in [2.75, 3.05) is 0 Å². The molecule has 2 N–H and O–H groups in total. The maximum atomic E-state index is 12.9. The Labute approximate surface area is 111 Å². The van der Waals surface area contributed by atoms with Crippen molar-refractivity contribution in [3.8, 4) is 0 Å². The van der Waals surface area contributed by atoms with Crippen molar-refractivity contribution in [2.24, 2.45) is 0 Å². The fourth-order valence-electron chi connectivity index (χ4n) is 1.96. The highest BCUT2D eigenvalue weighted by molar-refractivity contribution is 5.83. The van der Waals surface area contributed by atoms with E-state index in [1.54, 1.807) is 24.5 Å². The van der Waals surface area contributed by atoms with Crippen LogP contribution in [0, 0.1) is 5.82 Å². The third-order valence-corrected chi connectivity index (χ3v) is 2.98. The Hall–Kier alpha value is -2.17. The lowest BCUT2D eigenvalue weighted by atomic mass is 9.95. The number of imidazole rings is 1. The summed E-state index contributed by atoms with van der Waals surface area (Å²) in [5, 5.41) is 2.82. The van der Waals surface area contributed by atoms with Gasteiger partial charge in [0.15, 0.2) is 0 Å². The summed E-state index contributed by atoms with van der Waals surface area (Å²) in [6, 6.07) is 6.04. The van der Waals surface area contributed by atoms with E-state index in [4.69, 9.17) is 0 Å². The molecule has 1 aromatic heterocycles. The zero-order valence-corrected chi connectivity index (χ0v) is 10.7. The molecule has 0 aliphatic heterocycles. The average molecular weight is 261 g/mol. The van der Waals surface area contributed by atoms with Crippen molar-refractivity contribution >= 4 is 5.91 Å². The largest absolute Gasteiger partial charge is 0.348 e. The molecule has 2 aromatic rings. The van der Waals surface area contributed by atoms with Crippen molar-refractivity contribution in [3.05, 3.63) is 53.9 Å². The van der Waals surface area contributed by atoms with Gasteiger partial charge in [0, 0.05) is 12.4 Å². The normalized spacial score (nSPS) is 12.1. The maximum absolute atomic E-state index is 12.9. The van der Waals surface area contributed by atoms with E-state index in [9.17, 15) is 9.18 Å². The van der Waals surface area contributed by atoms with Gasteiger partial charge in [0.05, 0.1) is 12.5 Å². The standard InChI is InChI=1S/C14H16FN3O/c1-2-12(10-3-5-11(15)6-4-10)14(19)18-9-13-16-7-8-17-13/h3-8,12H,2,9H2,1H3,(H,16,17)(H,18,19)/t12-/m1/s1. The molecule has 0 saturated carbocycles. The quantitative estimate of drug-likeness (QED) is 0.868. The van der Waals surface area contributed by atoms with Crippen LogP contribution in [-0.4, -0.2) is 15.9 Å². The van der Waals surface area contributed by atoms with Gasteiger partial charge in [-0.1, -0.05) is 19.1 Å². The molecule has 1 heterocycles. The number of benzene rings is 1. The van der Waals surface area contributed by atoms with Gasteiger partial charge in [0.2, 0.25) is 5.91 Å². The molecule has 0 bridgehead atoms. The zero-order valence-electron chi connectivity index (χ0n) is 10.7. The molecule has 0 spiro atoms. The number of amides is 1. The van der Waals surface area contributed by atoms with E-state index in [1.165, 1.54) is 12.1 Å². The number of nitrogens with zero attached hydrogens (tertiary/aromatic N) is 1. The Balaban J connectivity index is 2.00. The Morgan fingerprint density at radius 1 is 1.42 bits per heavy atom. The van der Waals surface area contributed by atoms with Gasteiger partial charge in [-0.3, -0.25) is 4.79 Å². The van der Waals surface area contributed by atoms with Crippen molar-refractivity contribution in [1.82, 2.24) is 15.3 Å². The predicted molar refractivity (Wildman–Crippen MR) is 69.9 cm³/mol. The summed E-state index contributed by atoms with van der Waals surface area (Å²) in [5.41, 5.74) is 0.820. The zero-order chi connectivity index (χ0) is 13.7. The van der Waals surface area contributed by atoms with Crippen LogP contribution in [-0.2, 0) is 11.3 Å². The summed E-state index contributed by atoms with van der Waals surface area (Å²) < 4.78 is 12.9. The van der Waals surface area contributed by atoms with Gasteiger partial charge < -0.3 is 10.3 Å². The number of H-pyrrole nitrogens is 1. The van der Waals surface area contributed by atoms with Gasteiger partial charge in [-0.15, -0.1) is 0 Å². The van der Waals surface area contributed by atoms with E-state index in [0.29, 0.717) is 18.8 Å². The minimum atomic E-state index is -0.297.